The van der Waals surface area contributed by atoms with Crippen molar-refractivity contribution in [1.29, 1.82) is 0 Å². The lowest BCUT2D eigenvalue weighted by atomic mass is 9.97. The van der Waals surface area contributed by atoms with Gasteiger partial charge in [-0.15, -0.1) is 0 Å². The normalized spacial score (nSPS) is 12.4. The molecule has 0 spiro atoms. The van der Waals surface area contributed by atoms with Gasteiger partial charge in [0.25, 0.3) is 0 Å². The Labute approximate surface area is 132 Å². The van der Waals surface area contributed by atoms with E-state index in [1.165, 1.54) is 12.1 Å². The Hall–Kier alpha value is -0.900. The molecule has 2 aromatic carbocycles. The first-order valence-electron chi connectivity index (χ1n) is 6.47. The first-order chi connectivity index (χ1) is 9.52. The molecular formula is C16H16BrClFN. The largest absolute Gasteiger partial charge is 0.306 e. The van der Waals surface area contributed by atoms with Gasteiger partial charge in [-0.3, -0.25) is 0 Å². The molecule has 20 heavy (non-hydrogen) atoms. The van der Waals surface area contributed by atoms with Gasteiger partial charge >= 0.3 is 0 Å². The zero-order valence-electron chi connectivity index (χ0n) is 11.4. The molecule has 0 aromatic heterocycles. The van der Waals surface area contributed by atoms with Crippen molar-refractivity contribution in [2.45, 2.75) is 19.9 Å². The minimum atomic E-state index is -0.281. The van der Waals surface area contributed by atoms with Crippen LogP contribution in [0.4, 0.5) is 4.39 Å². The van der Waals surface area contributed by atoms with E-state index >= 15 is 0 Å². The average molecular weight is 357 g/mol. The van der Waals surface area contributed by atoms with Gasteiger partial charge in [0.2, 0.25) is 0 Å². The monoisotopic (exact) mass is 355 g/mol. The topological polar surface area (TPSA) is 12.0 Å². The zero-order chi connectivity index (χ0) is 14.7. The highest BCUT2D eigenvalue weighted by molar-refractivity contribution is 9.10. The van der Waals surface area contributed by atoms with Gasteiger partial charge in [-0.1, -0.05) is 52.2 Å². The van der Waals surface area contributed by atoms with E-state index in [4.69, 9.17) is 11.6 Å². The van der Waals surface area contributed by atoms with Gasteiger partial charge in [0.1, 0.15) is 5.82 Å². The van der Waals surface area contributed by atoms with Gasteiger partial charge in [0.15, 0.2) is 0 Å². The van der Waals surface area contributed by atoms with E-state index in [-0.39, 0.29) is 11.9 Å². The van der Waals surface area contributed by atoms with E-state index in [2.05, 4.69) is 27.3 Å². The van der Waals surface area contributed by atoms with Gasteiger partial charge in [-0.25, -0.2) is 4.39 Å². The van der Waals surface area contributed by atoms with Gasteiger partial charge in [-0.2, -0.15) is 0 Å². The van der Waals surface area contributed by atoms with Crippen LogP contribution in [0, 0.1) is 12.7 Å². The summed E-state index contributed by atoms with van der Waals surface area (Å²) in [4.78, 5) is 0. The van der Waals surface area contributed by atoms with Crippen molar-refractivity contribution in [2.75, 3.05) is 6.54 Å². The quantitative estimate of drug-likeness (QED) is 0.789. The maximum absolute atomic E-state index is 13.5. The Balaban J connectivity index is 2.55. The number of halogens is 3. The van der Waals surface area contributed by atoms with E-state index in [9.17, 15) is 4.39 Å². The third-order valence-corrected chi connectivity index (χ3v) is 4.21. The van der Waals surface area contributed by atoms with Crippen molar-refractivity contribution in [3.8, 4) is 0 Å². The van der Waals surface area contributed by atoms with Crippen molar-refractivity contribution in [3.05, 3.63) is 68.4 Å². The van der Waals surface area contributed by atoms with E-state index in [0.717, 1.165) is 27.7 Å². The fraction of sp³-hybridized carbons (Fsp3) is 0.250. The molecule has 0 saturated carbocycles. The van der Waals surface area contributed by atoms with E-state index in [1.54, 1.807) is 6.07 Å². The van der Waals surface area contributed by atoms with Crippen LogP contribution in [-0.2, 0) is 0 Å². The molecule has 1 unspecified atom stereocenters. The van der Waals surface area contributed by atoms with Gasteiger partial charge in [0.05, 0.1) is 6.04 Å². The summed E-state index contributed by atoms with van der Waals surface area (Å²) in [5, 5.41) is 3.93. The summed E-state index contributed by atoms with van der Waals surface area (Å²) in [5.41, 5.74) is 2.96. The molecule has 0 saturated heterocycles. The second kappa shape index (κ2) is 6.70. The maximum Gasteiger partial charge on any atom is 0.123 e. The zero-order valence-corrected chi connectivity index (χ0v) is 13.7. The van der Waals surface area contributed by atoms with Crippen LogP contribution in [0.5, 0.6) is 0 Å². The molecule has 4 heteroatoms. The SMILES string of the molecule is CCNC(c1cc(F)ccc1Cl)c1cc(C)ccc1Br. The first kappa shape index (κ1) is 15.5. The minimum Gasteiger partial charge on any atom is -0.306 e. The van der Waals surface area contributed by atoms with Crippen molar-refractivity contribution >= 4 is 27.5 Å². The van der Waals surface area contributed by atoms with E-state index < -0.39 is 0 Å². The summed E-state index contributed by atoms with van der Waals surface area (Å²) >= 11 is 9.81. The highest BCUT2D eigenvalue weighted by Crippen LogP contribution is 2.33. The fourth-order valence-corrected chi connectivity index (χ4v) is 2.91. The average Bonchev–Trinajstić information content (AvgIpc) is 2.42. The predicted octanol–water partition coefficient (Wildman–Crippen LogP) is 5.25. The lowest BCUT2D eigenvalue weighted by Crippen LogP contribution is -2.23. The van der Waals surface area contributed by atoms with Crippen molar-refractivity contribution in [2.24, 2.45) is 0 Å². The molecule has 0 aliphatic carbocycles. The summed E-state index contributed by atoms with van der Waals surface area (Å²) < 4.78 is 14.5. The van der Waals surface area contributed by atoms with Crippen LogP contribution >= 0.6 is 27.5 Å². The number of aryl methyl sites for hydroxylation is 1. The number of benzene rings is 2. The Morgan fingerprint density at radius 1 is 1.20 bits per heavy atom. The molecule has 0 heterocycles. The number of rotatable bonds is 4. The van der Waals surface area contributed by atoms with Gasteiger partial charge < -0.3 is 5.32 Å². The molecular weight excluding hydrogens is 341 g/mol. The predicted molar refractivity (Wildman–Crippen MR) is 85.8 cm³/mol. The lowest BCUT2D eigenvalue weighted by Gasteiger charge is -2.22. The van der Waals surface area contributed by atoms with E-state index in [0.29, 0.717) is 5.02 Å². The smallest absolute Gasteiger partial charge is 0.123 e. The summed E-state index contributed by atoms with van der Waals surface area (Å²) in [7, 11) is 0. The van der Waals surface area contributed by atoms with Crippen LogP contribution < -0.4 is 5.32 Å². The van der Waals surface area contributed by atoms with Crippen LogP contribution in [-0.4, -0.2) is 6.54 Å². The molecule has 1 nitrogen and oxygen atoms in total. The van der Waals surface area contributed by atoms with Crippen LogP contribution in [0.2, 0.25) is 5.02 Å². The second-order valence-electron chi connectivity index (χ2n) is 4.68. The fourth-order valence-electron chi connectivity index (χ4n) is 2.21. The first-order valence-corrected chi connectivity index (χ1v) is 7.64. The van der Waals surface area contributed by atoms with Crippen LogP contribution in [0.25, 0.3) is 0 Å². The van der Waals surface area contributed by atoms with Crippen molar-refractivity contribution in [1.82, 2.24) is 5.32 Å². The summed E-state index contributed by atoms with van der Waals surface area (Å²) in [5.74, 6) is -0.281. The second-order valence-corrected chi connectivity index (χ2v) is 5.94. The molecule has 1 N–H and O–H groups in total. The highest BCUT2D eigenvalue weighted by Gasteiger charge is 2.19. The third kappa shape index (κ3) is 3.40. The molecule has 0 aliphatic heterocycles. The molecule has 2 rings (SSSR count). The molecule has 0 radical (unpaired) electrons. The molecule has 0 amide bonds. The summed E-state index contributed by atoms with van der Waals surface area (Å²) in [6.07, 6.45) is 0. The molecule has 106 valence electrons. The summed E-state index contributed by atoms with van der Waals surface area (Å²) in [6.45, 7) is 4.81. The Morgan fingerprint density at radius 3 is 2.65 bits per heavy atom. The maximum atomic E-state index is 13.5. The van der Waals surface area contributed by atoms with E-state index in [1.807, 2.05) is 26.0 Å². The lowest BCUT2D eigenvalue weighted by molar-refractivity contribution is 0.602. The Bertz CT molecular complexity index is 564. The molecule has 2 aromatic rings. The molecule has 0 fully saturated rings. The molecule has 0 bridgehead atoms. The summed E-state index contributed by atoms with van der Waals surface area (Å²) in [6, 6.07) is 10.4. The Morgan fingerprint density at radius 2 is 1.95 bits per heavy atom. The standard InChI is InChI=1S/C16H16BrClFN/c1-3-20-16(12-8-10(2)4-6-14(12)17)13-9-11(19)5-7-15(13)18/h4-9,16,20H,3H2,1-2H3. The third-order valence-electron chi connectivity index (χ3n) is 3.14. The number of hydrogen-bond acceptors (Lipinski definition) is 1. The van der Waals surface area contributed by atoms with Crippen LogP contribution in [0.3, 0.4) is 0 Å². The van der Waals surface area contributed by atoms with Crippen LogP contribution in [0.15, 0.2) is 40.9 Å². The number of nitrogens with one attached hydrogen (secondary N) is 1. The van der Waals surface area contributed by atoms with Crippen molar-refractivity contribution < 1.29 is 4.39 Å². The highest BCUT2D eigenvalue weighted by atomic mass is 79.9. The van der Waals surface area contributed by atoms with Gasteiger partial charge in [-0.05, 0) is 48.9 Å². The van der Waals surface area contributed by atoms with Crippen molar-refractivity contribution in [3.63, 3.8) is 0 Å². The molecule has 1 atom stereocenters. The Kier molecular flexibility index (Phi) is 5.19. The van der Waals surface area contributed by atoms with Crippen LogP contribution in [0.1, 0.15) is 29.7 Å². The minimum absolute atomic E-state index is 0.141. The number of hydrogen-bond donors (Lipinski definition) is 1. The molecule has 0 aliphatic rings. The van der Waals surface area contributed by atoms with Gasteiger partial charge in [0, 0.05) is 9.50 Å².